The van der Waals surface area contributed by atoms with Crippen molar-refractivity contribution in [3.05, 3.63) is 116 Å². The lowest BCUT2D eigenvalue weighted by Gasteiger charge is -2.27. The molecule has 210 valence electrons. The second-order valence-corrected chi connectivity index (χ2v) is 10.7. The van der Waals surface area contributed by atoms with Crippen LogP contribution < -0.4 is 10.5 Å². The van der Waals surface area contributed by atoms with Crippen LogP contribution in [-0.2, 0) is 19.7 Å². The normalized spacial score (nSPS) is 14.9. The molecule has 12 heteroatoms. The lowest BCUT2D eigenvalue weighted by molar-refractivity contribution is -0.122. The molecule has 1 aliphatic heterocycles. The molecule has 11 nitrogen and oxygen atoms in total. The zero-order valence-corrected chi connectivity index (χ0v) is 23.3. The Labute approximate surface area is 240 Å². The maximum absolute atomic E-state index is 13.5. The monoisotopic (exact) mass is 582 g/mol. The fourth-order valence-corrected chi connectivity index (χ4v) is 5.00. The first-order valence-corrected chi connectivity index (χ1v) is 13.6. The molecule has 4 rings (SSSR count). The Balaban J connectivity index is 1.86. The van der Waals surface area contributed by atoms with Crippen molar-refractivity contribution in [1.29, 1.82) is 5.26 Å². The Kier molecular flexibility index (Phi) is 7.80. The van der Waals surface area contributed by atoms with E-state index >= 15 is 0 Å². The van der Waals surface area contributed by atoms with E-state index in [0.29, 0.717) is 10.6 Å². The van der Waals surface area contributed by atoms with Gasteiger partial charge in [0, 0.05) is 11.1 Å². The van der Waals surface area contributed by atoms with Gasteiger partial charge in [0.05, 0.1) is 22.8 Å². The third-order valence-electron chi connectivity index (χ3n) is 6.63. The van der Waals surface area contributed by atoms with Gasteiger partial charge in [-0.15, -0.1) is 0 Å². The highest BCUT2D eigenvalue weighted by Gasteiger charge is 2.36. The number of pyridine rings is 1. The van der Waals surface area contributed by atoms with Crippen molar-refractivity contribution >= 4 is 39.4 Å². The van der Waals surface area contributed by atoms with E-state index in [0.717, 1.165) is 22.3 Å². The number of aryl methyl sites for hydroxylation is 1. The summed E-state index contributed by atoms with van der Waals surface area (Å²) in [6.07, 6.45) is 3.96. The van der Waals surface area contributed by atoms with Gasteiger partial charge in [-0.3, -0.25) is 23.5 Å². The van der Waals surface area contributed by atoms with Crippen LogP contribution in [0, 0.1) is 31.8 Å². The summed E-state index contributed by atoms with van der Waals surface area (Å²) in [6, 6.07) is 13.0. The first kappa shape index (κ1) is 29.4. The van der Waals surface area contributed by atoms with Gasteiger partial charge in [0.2, 0.25) is 11.6 Å². The van der Waals surface area contributed by atoms with Crippen LogP contribution in [0.5, 0.6) is 5.88 Å². The van der Waals surface area contributed by atoms with E-state index < -0.39 is 38.3 Å². The SMILES string of the molecule is [C-]#[N+]c1c(C)c(/C=C/C=C2\C(=O)N(c3cccc(S(=O)(=O)O)c3)C(=O)C(C#N)=C2C)c(=O)n(-c2cccc(C)c2)c1O. The second-order valence-electron chi connectivity index (χ2n) is 9.27. The van der Waals surface area contributed by atoms with Crippen LogP contribution in [0.3, 0.4) is 0 Å². The molecule has 2 amide bonds. The van der Waals surface area contributed by atoms with E-state index in [-0.39, 0.29) is 39.2 Å². The van der Waals surface area contributed by atoms with Crippen LogP contribution >= 0.6 is 0 Å². The molecule has 1 aromatic heterocycles. The molecule has 0 saturated heterocycles. The molecule has 0 bridgehead atoms. The van der Waals surface area contributed by atoms with E-state index in [9.17, 15) is 37.7 Å². The van der Waals surface area contributed by atoms with Gasteiger partial charge < -0.3 is 5.11 Å². The number of carbonyl (C=O) groups is 2. The quantitative estimate of drug-likeness (QED) is 0.195. The molecule has 0 unspecified atom stereocenters. The average Bonchev–Trinajstić information content (AvgIpc) is 2.92. The van der Waals surface area contributed by atoms with Gasteiger partial charge in [0.1, 0.15) is 11.6 Å². The fourth-order valence-electron chi connectivity index (χ4n) is 4.48. The number of aromatic hydroxyl groups is 1. The molecular formula is C30H22N4O7S. The predicted molar refractivity (Wildman–Crippen MR) is 154 cm³/mol. The van der Waals surface area contributed by atoms with Gasteiger partial charge in [0.15, 0.2) is 0 Å². The summed E-state index contributed by atoms with van der Waals surface area (Å²) in [4.78, 5) is 43.4. The Bertz CT molecular complexity index is 2040. The summed E-state index contributed by atoms with van der Waals surface area (Å²) in [5.41, 5.74) is 0.0425. The fraction of sp³-hybridized carbons (Fsp3) is 0.100. The molecule has 2 N–H and O–H groups in total. The van der Waals surface area contributed by atoms with Gasteiger partial charge in [-0.1, -0.05) is 30.4 Å². The summed E-state index contributed by atoms with van der Waals surface area (Å²) in [5, 5.41) is 20.4. The minimum Gasteiger partial charge on any atom is -0.502 e. The number of rotatable bonds is 5. The van der Waals surface area contributed by atoms with Gasteiger partial charge in [-0.2, -0.15) is 13.7 Å². The highest BCUT2D eigenvalue weighted by molar-refractivity contribution is 7.85. The van der Waals surface area contributed by atoms with Crippen LogP contribution in [-0.4, -0.2) is 34.5 Å². The number of aromatic nitrogens is 1. The molecule has 2 heterocycles. The lowest BCUT2D eigenvalue weighted by Crippen LogP contribution is -2.43. The van der Waals surface area contributed by atoms with E-state index in [1.165, 1.54) is 44.2 Å². The smallest absolute Gasteiger partial charge is 0.294 e. The number of nitriles is 1. The number of carbonyl (C=O) groups excluding carboxylic acids is 2. The van der Waals surface area contributed by atoms with E-state index in [2.05, 4.69) is 4.85 Å². The Morgan fingerprint density at radius 2 is 1.67 bits per heavy atom. The van der Waals surface area contributed by atoms with E-state index in [1.807, 2.05) is 13.0 Å². The van der Waals surface area contributed by atoms with Gasteiger partial charge in [-0.05, 0) is 73.9 Å². The summed E-state index contributed by atoms with van der Waals surface area (Å²) in [6.45, 7) is 12.2. The zero-order valence-electron chi connectivity index (χ0n) is 22.5. The number of anilines is 1. The van der Waals surface area contributed by atoms with Crippen molar-refractivity contribution in [2.75, 3.05) is 4.90 Å². The summed E-state index contributed by atoms with van der Waals surface area (Å²) >= 11 is 0. The summed E-state index contributed by atoms with van der Waals surface area (Å²) < 4.78 is 33.7. The number of allylic oxidation sites excluding steroid dienone is 2. The van der Waals surface area contributed by atoms with Crippen LogP contribution in [0.1, 0.15) is 23.6 Å². The molecule has 0 saturated carbocycles. The van der Waals surface area contributed by atoms with Crippen molar-refractivity contribution < 1.29 is 27.7 Å². The van der Waals surface area contributed by atoms with Gasteiger partial charge in [-0.25, -0.2) is 9.74 Å². The number of benzene rings is 2. The third kappa shape index (κ3) is 5.15. The molecule has 1 aliphatic rings. The molecule has 42 heavy (non-hydrogen) atoms. The van der Waals surface area contributed by atoms with E-state index in [1.54, 1.807) is 24.3 Å². The van der Waals surface area contributed by atoms with Crippen molar-refractivity contribution in [1.82, 2.24) is 4.57 Å². The number of hydrogen-bond donors (Lipinski definition) is 2. The molecule has 3 aromatic rings. The molecular weight excluding hydrogens is 560 g/mol. The second kappa shape index (κ2) is 11.1. The van der Waals surface area contributed by atoms with Crippen molar-refractivity contribution in [2.45, 2.75) is 25.7 Å². The Hall–Kier alpha value is -5.56. The first-order valence-electron chi connectivity index (χ1n) is 12.2. The van der Waals surface area contributed by atoms with Crippen LogP contribution in [0.4, 0.5) is 11.4 Å². The van der Waals surface area contributed by atoms with Crippen LogP contribution in [0.25, 0.3) is 16.6 Å². The number of amides is 2. The number of nitrogens with zero attached hydrogens (tertiary/aromatic N) is 4. The van der Waals surface area contributed by atoms with Gasteiger partial charge in [0.25, 0.3) is 27.5 Å². The minimum absolute atomic E-state index is 0.0522. The average molecular weight is 583 g/mol. The molecule has 0 spiro atoms. The Morgan fingerprint density at radius 1 is 1.00 bits per heavy atom. The van der Waals surface area contributed by atoms with Crippen molar-refractivity contribution in [2.24, 2.45) is 0 Å². The molecule has 0 fully saturated rings. The zero-order chi connectivity index (χ0) is 30.9. The number of imide groups is 1. The largest absolute Gasteiger partial charge is 0.502 e. The maximum atomic E-state index is 13.5. The lowest BCUT2D eigenvalue weighted by atomic mass is 9.94. The van der Waals surface area contributed by atoms with Crippen molar-refractivity contribution in [3.8, 4) is 17.6 Å². The predicted octanol–water partition coefficient (Wildman–Crippen LogP) is 4.31. The first-order chi connectivity index (χ1) is 19.8. The summed E-state index contributed by atoms with van der Waals surface area (Å²) in [5.74, 6) is -2.38. The standard InChI is InChI=1S/C30H22N4O7S/c1-17-8-5-9-20(14-17)34-28(36)24(19(3)26(32-4)30(34)38)13-7-12-23-18(2)25(16-31)29(37)33(27(23)35)21-10-6-11-22(15-21)42(39,40)41/h5-15,38H,1-3H3,(H,39,40,41)/b13-7+,23-12-. The highest BCUT2D eigenvalue weighted by atomic mass is 32.2. The summed E-state index contributed by atoms with van der Waals surface area (Å²) in [7, 11) is -4.65. The minimum atomic E-state index is -4.65. The van der Waals surface area contributed by atoms with Crippen LogP contribution in [0.15, 0.2) is 87.1 Å². The third-order valence-corrected chi connectivity index (χ3v) is 7.48. The van der Waals surface area contributed by atoms with Crippen LogP contribution in [0.2, 0.25) is 0 Å². The molecule has 0 aliphatic carbocycles. The molecule has 0 atom stereocenters. The molecule has 2 aromatic carbocycles. The Morgan fingerprint density at radius 3 is 2.29 bits per heavy atom. The van der Waals surface area contributed by atoms with E-state index in [4.69, 9.17) is 6.57 Å². The maximum Gasteiger partial charge on any atom is 0.294 e. The molecule has 0 radical (unpaired) electrons. The topological polar surface area (TPSA) is 162 Å². The van der Waals surface area contributed by atoms with Gasteiger partial charge >= 0.3 is 0 Å². The van der Waals surface area contributed by atoms with Crippen molar-refractivity contribution in [3.63, 3.8) is 0 Å². The number of hydrogen-bond acceptors (Lipinski definition) is 7. The highest BCUT2D eigenvalue weighted by Crippen LogP contribution is 2.34.